The Bertz CT molecular complexity index is 1300. The first-order chi connectivity index (χ1) is 15.2. The maximum atomic E-state index is 4.65. The number of hydrogen-bond donors (Lipinski definition) is 3. The Balaban J connectivity index is 1.59. The van der Waals surface area contributed by atoms with Gasteiger partial charge in [-0.3, -0.25) is 10.1 Å². The number of aryl methyl sites for hydroxylation is 1. The lowest BCUT2D eigenvalue weighted by molar-refractivity contribution is 0.739. The zero-order valence-electron chi connectivity index (χ0n) is 17.6. The van der Waals surface area contributed by atoms with Gasteiger partial charge >= 0.3 is 0 Å². The number of aromatic nitrogens is 4. The topological polar surface area (TPSA) is 69.4 Å². The van der Waals surface area contributed by atoms with Crippen molar-refractivity contribution >= 4 is 22.0 Å². The van der Waals surface area contributed by atoms with Crippen LogP contribution in [0.2, 0.25) is 0 Å². The molecule has 5 heteroatoms. The second kappa shape index (κ2) is 8.20. The fourth-order valence-electron chi connectivity index (χ4n) is 4.26. The van der Waals surface area contributed by atoms with E-state index in [4.69, 9.17) is 0 Å². The number of benzene rings is 1. The fourth-order valence-corrected chi connectivity index (χ4v) is 4.26. The SMILES string of the molecule is C=C/C=C(/c1ccncc1)c1cc(-c2n[nH]c3ccc(C4=CCNCC4)cc23)[nH]c1C. The summed E-state index contributed by atoms with van der Waals surface area (Å²) < 4.78 is 0. The third-order valence-electron chi connectivity index (χ3n) is 5.83. The van der Waals surface area contributed by atoms with E-state index in [-0.39, 0.29) is 0 Å². The molecule has 1 aliphatic rings. The highest BCUT2D eigenvalue weighted by atomic mass is 15.1. The summed E-state index contributed by atoms with van der Waals surface area (Å²) in [4.78, 5) is 7.70. The monoisotopic (exact) mass is 407 g/mol. The molecule has 3 aromatic heterocycles. The molecule has 0 fully saturated rings. The molecule has 0 bridgehead atoms. The number of H-pyrrole nitrogens is 2. The summed E-state index contributed by atoms with van der Waals surface area (Å²) in [7, 11) is 0. The van der Waals surface area contributed by atoms with Crippen LogP contribution in [-0.4, -0.2) is 33.3 Å². The number of aromatic amines is 2. The molecule has 4 aromatic rings. The standard InChI is InChI=1S/C26H25N5/c1-3-4-21(19-9-13-28-14-10-19)22-16-25(29-17(22)2)26-23-15-20(5-6-24(23)30-31-26)18-7-11-27-12-8-18/h3-7,9-10,13-16,27,29H,1,8,11-12H2,2H3,(H,30,31)/b21-4-. The predicted molar refractivity (Wildman–Crippen MR) is 128 cm³/mol. The zero-order chi connectivity index (χ0) is 21.2. The minimum Gasteiger partial charge on any atom is -0.357 e. The van der Waals surface area contributed by atoms with E-state index in [9.17, 15) is 0 Å². The van der Waals surface area contributed by atoms with Gasteiger partial charge in [-0.25, -0.2) is 0 Å². The van der Waals surface area contributed by atoms with Gasteiger partial charge in [-0.2, -0.15) is 5.10 Å². The van der Waals surface area contributed by atoms with Crippen LogP contribution >= 0.6 is 0 Å². The van der Waals surface area contributed by atoms with Gasteiger partial charge in [0.2, 0.25) is 0 Å². The van der Waals surface area contributed by atoms with Crippen molar-refractivity contribution in [3.63, 3.8) is 0 Å². The summed E-state index contributed by atoms with van der Waals surface area (Å²) in [5.41, 5.74) is 10.1. The highest BCUT2D eigenvalue weighted by molar-refractivity contribution is 5.95. The lowest BCUT2D eigenvalue weighted by Gasteiger charge is -2.14. The van der Waals surface area contributed by atoms with E-state index >= 15 is 0 Å². The molecule has 1 aliphatic heterocycles. The Morgan fingerprint density at radius 3 is 2.77 bits per heavy atom. The van der Waals surface area contributed by atoms with Crippen LogP contribution in [-0.2, 0) is 0 Å². The van der Waals surface area contributed by atoms with E-state index < -0.39 is 0 Å². The molecule has 0 aliphatic carbocycles. The molecule has 5 rings (SSSR count). The molecule has 0 spiro atoms. The van der Waals surface area contributed by atoms with Crippen molar-refractivity contribution in [2.45, 2.75) is 13.3 Å². The van der Waals surface area contributed by atoms with Gasteiger partial charge in [0.05, 0.1) is 11.2 Å². The molecule has 0 saturated heterocycles. The number of fused-ring (bicyclic) bond motifs is 1. The average Bonchev–Trinajstić information content (AvgIpc) is 3.41. The second-order valence-corrected chi connectivity index (χ2v) is 7.79. The molecule has 0 radical (unpaired) electrons. The van der Waals surface area contributed by atoms with Gasteiger partial charge < -0.3 is 10.3 Å². The van der Waals surface area contributed by atoms with Gasteiger partial charge in [-0.05, 0) is 72.5 Å². The first-order valence-corrected chi connectivity index (χ1v) is 10.6. The summed E-state index contributed by atoms with van der Waals surface area (Å²) >= 11 is 0. The molecule has 154 valence electrons. The summed E-state index contributed by atoms with van der Waals surface area (Å²) in [5.74, 6) is 0. The molecular weight excluding hydrogens is 382 g/mol. The van der Waals surface area contributed by atoms with Crippen molar-refractivity contribution in [2.24, 2.45) is 0 Å². The van der Waals surface area contributed by atoms with Crippen molar-refractivity contribution in [1.82, 2.24) is 25.5 Å². The second-order valence-electron chi connectivity index (χ2n) is 7.79. The number of allylic oxidation sites excluding steroid dienone is 2. The van der Waals surface area contributed by atoms with E-state index in [1.54, 1.807) is 0 Å². The van der Waals surface area contributed by atoms with Crippen LogP contribution in [0.5, 0.6) is 0 Å². The lowest BCUT2D eigenvalue weighted by atomic mass is 9.97. The van der Waals surface area contributed by atoms with Crippen molar-refractivity contribution in [2.75, 3.05) is 13.1 Å². The fraction of sp³-hybridized carbons (Fsp3) is 0.154. The number of nitrogens with zero attached hydrogens (tertiary/aromatic N) is 2. The van der Waals surface area contributed by atoms with Gasteiger partial charge in [0.25, 0.3) is 0 Å². The Kier molecular flexibility index (Phi) is 5.10. The molecule has 0 unspecified atom stereocenters. The first kappa shape index (κ1) is 19.3. The maximum absolute atomic E-state index is 4.65. The van der Waals surface area contributed by atoms with Crippen LogP contribution in [0, 0.1) is 6.92 Å². The highest BCUT2D eigenvalue weighted by Crippen LogP contribution is 2.34. The number of pyridine rings is 1. The van der Waals surface area contributed by atoms with Crippen LogP contribution in [0.15, 0.2) is 73.6 Å². The first-order valence-electron chi connectivity index (χ1n) is 10.6. The minimum absolute atomic E-state index is 0.929. The summed E-state index contributed by atoms with van der Waals surface area (Å²) in [6.45, 7) is 7.95. The van der Waals surface area contributed by atoms with Crippen molar-refractivity contribution in [3.8, 4) is 11.4 Å². The van der Waals surface area contributed by atoms with Gasteiger partial charge in [0, 0.05) is 35.6 Å². The zero-order valence-corrected chi connectivity index (χ0v) is 17.6. The Morgan fingerprint density at radius 1 is 1.13 bits per heavy atom. The molecule has 1 aromatic carbocycles. The predicted octanol–water partition coefficient (Wildman–Crippen LogP) is 5.26. The summed E-state index contributed by atoms with van der Waals surface area (Å²) in [5, 5.41) is 12.3. The van der Waals surface area contributed by atoms with Crippen LogP contribution < -0.4 is 5.32 Å². The van der Waals surface area contributed by atoms with Crippen LogP contribution in [0.25, 0.3) is 33.4 Å². The van der Waals surface area contributed by atoms with Crippen LogP contribution in [0.1, 0.15) is 28.8 Å². The van der Waals surface area contributed by atoms with Crippen molar-refractivity contribution < 1.29 is 0 Å². The third-order valence-corrected chi connectivity index (χ3v) is 5.83. The minimum atomic E-state index is 0.929. The molecule has 0 atom stereocenters. The molecule has 31 heavy (non-hydrogen) atoms. The van der Waals surface area contributed by atoms with Crippen LogP contribution in [0.3, 0.4) is 0 Å². The van der Waals surface area contributed by atoms with Gasteiger partial charge in [-0.15, -0.1) is 0 Å². The quantitative estimate of drug-likeness (QED) is 0.396. The van der Waals surface area contributed by atoms with E-state index in [1.807, 2.05) is 36.7 Å². The average molecular weight is 408 g/mol. The van der Waals surface area contributed by atoms with Crippen molar-refractivity contribution in [1.29, 1.82) is 0 Å². The van der Waals surface area contributed by atoms with Crippen LogP contribution in [0.4, 0.5) is 0 Å². The normalized spacial score (nSPS) is 14.6. The molecule has 3 N–H and O–H groups in total. The number of hydrogen-bond acceptors (Lipinski definition) is 3. The summed E-state index contributed by atoms with van der Waals surface area (Å²) in [6, 6.07) is 12.8. The number of nitrogens with one attached hydrogen (secondary N) is 3. The van der Waals surface area contributed by atoms with E-state index in [1.165, 1.54) is 11.1 Å². The number of rotatable bonds is 5. The van der Waals surface area contributed by atoms with Crippen molar-refractivity contribution in [3.05, 3.63) is 96.0 Å². The molecular formula is C26H25N5. The largest absolute Gasteiger partial charge is 0.357 e. The molecule has 0 saturated carbocycles. The Morgan fingerprint density at radius 2 is 2.00 bits per heavy atom. The molecule has 0 amide bonds. The lowest BCUT2D eigenvalue weighted by Crippen LogP contribution is -2.19. The van der Waals surface area contributed by atoms with Gasteiger partial charge in [0.15, 0.2) is 0 Å². The molecule has 4 heterocycles. The van der Waals surface area contributed by atoms with Gasteiger partial charge in [0.1, 0.15) is 5.69 Å². The van der Waals surface area contributed by atoms with E-state index in [2.05, 4.69) is 69.3 Å². The van der Waals surface area contributed by atoms with Gasteiger partial charge in [-0.1, -0.05) is 30.9 Å². The molecule has 5 nitrogen and oxygen atoms in total. The maximum Gasteiger partial charge on any atom is 0.116 e. The Labute approximate surface area is 181 Å². The third kappa shape index (κ3) is 3.64. The Hall–Kier alpha value is -3.70. The van der Waals surface area contributed by atoms with E-state index in [0.29, 0.717) is 0 Å². The summed E-state index contributed by atoms with van der Waals surface area (Å²) in [6.07, 6.45) is 10.8. The van der Waals surface area contributed by atoms with E-state index in [0.717, 1.165) is 64.2 Å². The smallest absolute Gasteiger partial charge is 0.116 e. The highest BCUT2D eigenvalue weighted by Gasteiger charge is 2.17.